The van der Waals surface area contributed by atoms with E-state index in [4.69, 9.17) is 16.3 Å². The Labute approximate surface area is 190 Å². The zero-order valence-corrected chi connectivity index (χ0v) is 18.7. The Balaban J connectivity index is 1.48. The molecule has 3 aromatic rings. The Bertz CT molecular complexity index is 1230. The molecule has 0 saturated heterocycles. The van der Waals surface area contributed by atoms with Gasteiger partial charge in [-0.15, -0.1) is 0 Å². The van der Waals surface area contributed by atoms with E-state index in [2.05, 4.69) is 25.4 Å². The second kappa shape index (κ2) is 9.15. The minimum Gasteiger partial charge on any atom is -0.495 e. The van der Waals surface area contributed by atoms with Crippen LogP contribution in [0.1, 0.15) is 12.8 Å². The highest BCUT2D eigenvalue weighted by molar-refractivity contribution is 7.89. The number of benzene rings is 2. The quantitative estimate of drug-likeness (QED) is 0.432. The zero-order valence-electron chi connectivity index (χ0n) is 17.1. The van der Waals surface area contributed by atoms with E-state index in [9.17, 15) is 13.2 Å². The molecule has 1 aliphatic rings. The summed E-state index contributed by atoms with van der Waals surface area (Å²) in [7, 11) is -2.18. The first kappa shape index (κ1) is 22.1. The Morgan fingerprint density at radius 3 is 2.72 bits per heavy atom. The number of carbonyl (C=O) groups is 1. The van der Waals surface area contributed by atoms with Gasteiger partial charge in [0, 0.05) is 11.1 Å². The summed E-state index contributed by atoms with van der Waals surface area (Å²) in [5, 5.41) is 10.2. The first-order chi connectivity index (χ1) is 15.4. The molecule has 1 aromatic heterocycles. The molecule has 4 rings (SSSR count). The fourth-order valence-corrected chi connectivity index (χ4v) is 4.49. The van der Waals surface area contributed by atoms with E-state index in [-0.39, 0.29) is 23.4 Å². The fraction of sp³-hybridized carbons (Fsp3) is 0.250. The lowest BCUT2D eigenvalue weighted by Crippen LogP contribution is -2.26. The maximum atomic E-state index is 12.6. The number of ether oxygens (including phenoxy) is 1. The number of nitrogens with zero attached hydrogens (tertiary/aromatic N) is 3. The zero-order chi connectivity index (χ0) is 22.7. The van der Waals surface area contributed by atoms with Gasteiger partial charge in [0.05, 0.1) is 35.6 Å². The molecular formula is C20H21ClN6O4S. The second-order valence-electron chi connectivity index (χ2n) is 7.16. The molecule has 3 N–H and O–H groups in total. The molecule has 1 fully saturated rings. The van der Waals surface area contributed by atoms with Gasteiger partial charge in [-0.05, 0) is 49.2 Å². The average Bonchev–Trinajstić information content (AvgIpc) is 3.39. The van der Waals surface area contributed by atoms with E-state index in [1.165, 1.54) is 36.6 Å². The molecule has 12 heteroatoms. The standard InChI is InChI=1S/C20H21ClN6O4S/c1-31-19-7-5-15(32(29,30)26-14-3-4-14)9-17(19)23-10-20(28)25-16-8-13(21)2-6-18(16)27-12-22-11-24-27/h2,5-9,11-12,14,23,26H,3-4,10H2,1H3,(H,25,28). The fourth-order valence-electron chi connectivity index (χ4n) is 2.99. The minimum absolute atomic E-state index is 0.0128. The Morgan fingerprint density at radius 2 is 2.03 bits per heavy atom. The topological polar surface area (TPSA) is 127 Å². The van der Waals surface area contributed by atoms with E-state index in [1.807, 2.05) is 0 Å². The smallest absolute Gasteiger partial charge is 0.243 e. The molecule has 0 unspecified atom stereocenters. The second-order valence-corrected chi connectivity index (χ2v) is 9.31. The lowest BCUT2D eigenvalue weighted by molar-refractivity contribution is -0.114. The summed E-state index contributed by atoms with van der Waals surface area (Å²) in [4.78, 5) is 16.6. The van der Waals surface area contributed by atoms with Crippen molar-refractivity contribution in [2.45, 2.75) is 23.8 Å². The van der Waals surface area contributed by atoms with E-state index in [0.29, 0.717) is 27.8 Å². The van der Waals surface area contributed by atoms with Crippen LogP contribution >= 0.6 is 11.6 Å². The van der Waals surface area contributed by atoms with Gasteiger partial charge >= 0.3 is 0 Å². The van der Waals surface area contributed by atoms with Crippen LogP contribution in [0.4, 0.5) is 11.4 Å². The maximum Gasteiger partial charge on any atom is 0.243 e. The van der Waals surface area contributed by atoms with Gasteiger partial charge in [-0.2, -0.15) is 5.10 Å². The number of rotatable bonds is 9. The molecule has 32 heavy (non-hydrogen) atoms. The van der Waals surface area contributed by atoms with Crippen LogP contribution in [0.15, 0.2) is 53.9 Å². The monoisotopic (exact) mass is 476 g/mol. The predicted molar refractivity (Wildman–Crippen MR) is 120 cm³/mol. The summed E-state index contributed by atoms with van der Waals surface area (Å²) in [5.74, 6) is 0.0364. The normalized spacial score (nSPS) is 13.6. The molecule has 0 spiro atoms. The van der Waals surface area contributed by atoms with Crippen LogP contribution < -0.4 is 20.1 Å². The Kier molecular flexibility index (Phi) is 6.31. The van der Waals surface area contributed by atoms with E-state index >= 15 is 0 Å². The minimum atomic E-state index is -3.64. The highest BCUT2D eigenvalue weighted by Crippen LogP contribution is 2.29. The van der Waals surface area contributed by atoms with Crippen LogP contribution in [0.2, 0.25) is 5.02 Å². The van der Waals surface area contributed by atoms with Crippen molar-refractivity contribution in [3.05, 3.63) is 54.1 Å². The summed E-state index contributed by atoms with van der Waals surface area (Å²) < 4.78 is 34.5. The van der Waals surface area contributed by atoms with Crippen LogP contribution in [-0.2, 0) is 14.8 Å². The summed E-state index contributed by atoms with van der Waals surface area (Å²) in [5.41, 5.74) is 1.42. The summed E-state index contributed by atoms with van der Waals surface area (Å²) in [6, 6.07) is 9.43. The largest absolute Gasteiger partial charge is 0.495 e. The van der Waals surface area contributed by atoms with Gasteiger partial charge in [0.25, 0.3) is 0 Å². The molecule has 0 bridgehead atoms. The SMILES string of the molecule is COc1ccc(S(=O)(=O)NC2CC2)cc1NCC(=O)Nc1cc(Cl)ccc1-n1cncn1. The first-order valence-corrected chi connectivity index (χ1v) is 11.6. The number of carbonyl (C=O) groups excluding carboxylic acids is 1. The third kappa shape index (κ3) is 5.18. The van der Waals surface area contributed by atoms with Gasteiger partial charge in [-0.1, -0.05) is 11.6 Å². The van der Waals surface area contributed by atoms with Crippen molar-refractivity contribution < 1.29 is 17.9 Å². The number of nitrogens with one attached hydrogen (secondary N) is 3. The van der Waals surface area contributed by atoms with Crippen molar-refractivity contribution in [3.8, 4) is 11.4 Å². The number of anilines is 2. The molecule has 0 aliphatic heterocycles. The number of hydrogen-bond donors (Lipinski definition) is 3. The van der Waals surface area contributed by atoms with Crippen molar-refractivity contribution in [1.29, 1.82) is 0 Å². The molecule has 1 heterocycles. The number of methoxy groups -OCH3 is 1. The van der Waals surface area contributed by atoms with Crippen molar-refractivity contribution in [2.75, 3.05) is 24.3 Å². The highest BCUT2D eigenvalue weighted by atomic mass is 35.5. The predicted octanol–water partition coefficient (Wildman–Crippen LogP) is 2.42. The van der Waals surface area contributed by atoms with E-state index in [0.717, 1.165) is 12.8 Å². The van der Waals surface area contributed by atoms with E-state index < -0.39 is 10.0 Å². The lowest BCUT2D eigenvalue weighted by Gasteiger charge is -2.15. The van der Waals surface area contributed by atoms with Crippen molar-refractivity contribution in [2.24, 2.45) is 0 Å². The van der Waals surface area contributed by atoms with Crippen molar-refractivity contribution in [1.82, 2.24) is 19.5 Å². The van der Waals surface area contributed by atoms with Crippen molar-refractivity contribution >= 4 is 38.9 Å². The molecule has 1 aliphatic carbocycles. The maximum absolute atomic E-state index is 12.6. The summed E-state index contributed by atoms with van der Waals surface area (Å²) in [6.45, 7) is -0.140. The Hall–Kier alpha value is -3.15. The highest BCUT2D eigenvalue weighted by Gasteiger charge is 2.28. The van der Waals surface area contributed by atoms with Crippen LogP contribution in [0.5, 0.6) is 5.75 Å². The molecule has 0 atom stereocenters. The van der Waals surface area contributed by atoms with Gasteiger partial charge in [0.1, 0.15) is 18.4 Å². The third-order valence-electron chi connectivity index (χ3n) is 4.72. The lowest BCUT2D eigenvalue weighted by atomic mass is 10.2. The van der Waals surface area contributed by atoms with Gasteiger partial charge in [0.15, 0.2) is 0 Å². The number of halogens is 1. The van der Waals surface area contributed by atoms with Crippen LogP contribution in [0.3, 0.4) is 0 Å². The summed E-state index contributed by atoms with van der Waals surface area (Å²) >= 11 is 6.08. The molecular weight excluding hydrogens is 456 g/mol. The van der Waals surface area contributed by atoms with Gasteiger partial charge in [0.2, 0.25) is 15.9 Å². The first-order valence-electron chi connectivity index (χ1n) is 9.74. The third-order valence-corrected chi connectivity index (χ3v) is 6.47. The number of hydrogen-bond acceptors (Lipinski definition) is 7. The van der Waals surface area contributed by atoms with Crippen LogP contribution in [0.25, 0.3) is 5.69 Å². The number of aromatic nitrogens is 3. The molecule has 168 valence electrons. The number of sulfonamides is 1. The molecule has 2 aromatic carbocycles. The van der Waals surface area contributed by atoms with E-state index in [1.54, 1.807) is 24.3 Å². The van der Waals surface area contributed by atoms with Gasteiger partial charge < -0.3 is 15.4 Å². The van der Waals surface area contributed by atoms with Gasteiger partial charge in [-0.25, -0.2) is 22.8 Å². The molecule has 1 amide bonds. The van der Waals surface area contributed by atoms with Crippen LogP contribution in [-0.4, -0.2) is 48.8 Å². The molecule has 0 radical (unpaired) electrons. The van der Waals surface area contributed by atoms with Gasteiger partial charge in [-0.3, -0.25) is 4.79 Å². The summed E-state index contributed by atoms with van der Waals surface area (Å²) in [6.07, 6.45) is 4.55. The Morgan fingerprint density at radius 1 is 1.22 bits per heavy atom. The van der Waals surface area contributed by atoms with Crippen molar-refractivity contribution in [3.63, 3.8) is 0 Å². The molecule has 1 saturated carbocycles. The van der Waals surface area contributed by atoms with Crippen LogP contribution in [0, 0.1) is 0 Å². The molecule has 10 nitrogen and oxygen atoms in total. The number of amides is 1. The average molecular weight is 477 g/mol.